The lowest BCUT2D eigenvalue weighted by Gasteiger charge is -1.90. The molecule has 0 fully saturated rings. The number of nitrogens with zero attached hydrogens (tertiary/aromatic N) is 2. The normalized spacial score (nSPS) is 13.9. The zero-order valence-corrected chi connectivity index (χ0v) is 8.38. The molecule has 0 heterocycles. The Morgan fingerprint density at radius 2 is 2.25 bits per heavy atom. The lowest BCUT2D eigenvalue weighted by Crippen LogP contribution is -1.89. The molecule has 0 aromatic heterocycles. The van der Waals surface area contributed by atoms with Crippen molar-refractivity contribution in [3.8, 4) is 0 Å². The van der Waals surface area contributed by atoms with Gasteiger partial charge in [-0.1, -0.05) is 12.2 Å². The minimum Gasteiger partial charge on any atom is -0.274 e. The van der Waals surface area contributed by atoms with Crippen molar-refractivity contribution < 1.29 is 0 Å². The van der Waals surface area contributed by atoms with Crippen LogP contribution in [0.4, 0.5) is 0 Å². The van der Waals surface area contributed by atoms with Gasteiger partial charge < -0.3 is 0 Å². The van der Waals surface area contributed by atoms with Gasteiger partial charge in [0.25, 0.3) is 0 Å². The Labute approximate surface area is 79.2 Å². The van der Waals surface area contributed by atoms with Crippen LogP contribution in [0.2, 0.25) is 0 Å². The van der Waals surface area contributed by atoms with Gasteiger partial charge in [-0.25, -0.2) is 4.99 Å². The third-order valence-electron chi connectivity index (χ3n) is 1.17. The molecule has 0 bridgehead atoms. The zero-order chi connectivity index (χ0) is 9.40. The van der Waals surface area contributed by atoms with Crippen molar-refractivity contribution in [3.63, 3.8) is 0 Å². The lowest BCUT2D eigenvalue weighted by atomic mass is 10.4. The van der Waals surface area contributed by atoms with E-state index in [0.717, 1.165) is 12.3 Å². The van der Waals surface area contributed by atoms with Crippen molar-refractivity contribution in [2.45, 2.75) is 13.3 Å². The Kier molecular flexibility index (Phi) is 6.38. The first-order valence-electron chi connectivity index (χ1n) is 3.69. The Morgan fingerprint density at radius 3 is 2.75 bits per heavy atom. The van der Waals surface area contributed by atoms with Crippen LogP contribution < -0.4 is 0 Å². The fourth-order valence-corrected chi connectivity index (χ4v) is 0.773. The van der Waals surface area contributed by atoms with Gasteiger partial charge in [0.1, 0.15) is 5.84 Å². The van der Waals surface area contributed by atoms with E-state index in [1.165, 1.54) is 0 Å². The summed E-state index contributed by atoms with van der Waals surface area (Å²) in [7, 11) is 1.70. The first-order chi connectivity index (χ1) is 5.70. The quantitative estimate of drug-likeness (QED) is 0.300. The highest BCUT2D eigenvalue weighted by atomic mass is 32.1. The van der Waals surface area contributed by atoms with Gasteiger partial charge in [-0.15, -0.1) is 19.2 Å². The summed E-state index contributed by atoms with van der Waals surface area (Å²) < 4.78 is 0. The molecule has 0 N–H and O–H groups in total. The molecule has 0 unspecified atom stereocenters. The molecule has 0 spiro atoms. The van der Waals surface area contributed by atoms with Gasteiger partial charge in [0.05, 0.1) is 5.04 Å². The van der Waals surface area contributed by atoms with Crippen LogP contribution in [-0.4, -0.2) is 17.9 Å². The highest BCUT2D eigenvalue weighted by Crippen LogP contribution is 1.92. The summed E-state index contributed by atoms with van der Waals surface area (Å²) >= 11 is 4.14. The molecular weight excluding hydrogens is 168 g/mol. The maximum absolute atomic E-state index is 4.14. The van der Waals surface area contributed by atoms with E-state index in [-0.39, 0.29) is 0 Å². The molecular formula is C9H14N2S. The van der Waals surface area contributed by atoms with Gasteiger partial charge in [-0.3, -0.25) is 4.99 Å². The van der Waals surface area contributed by atoms with Gasteiger partial charge in [0, 0.05) is 7.05 Å². The first-order valence-corrected chi connectivity index (χ1v) is 4.14. The molecule has 0 saturated heterocycles. The Balaban J connectivity index is 4.10. The molecule has 66 valence electrons. The Hall–Kier alpha value is -0.830. The summed E-state index contributed by atoms with van der Waals surface area (Å²) in [5, 5.41) is 0.667. The van der Waals surface area contributed by atoms with Crippen molar-refractivity contribution in [1.82, 2.24) is 0 Å². The van der Waals surface area contributed by atoms with Crippen LogP contribution in [0.15, 0.2) is 34.8 Å². The molecule has 0 atom stereocenters. The zero-order valence-electron chi connectivity index (χ0n) is 7.49. The van der Waals surface area contributed by atoms with Crippen LogP contribution >= 0.6 is 12.6 Å². The molecule has 0 aliphatic rings. The number of rotatable bonds is 3. The van der Waals surface area contributed by atoms with E-state index >= 15 is 0 Å². The third-order valence-corrected chi connectivity index (χ3v) is 1.42. The second kappa shape index (κ2) is 6.85. The maximum atomic E-state index is 4.14. The van der Waals surface area contributed by atoms with Crippen molar-refractivity contribution in [1.29, 1.82) is 0 Å². The minimum atomic E-state index is 0.667. The predicted octanol–water partition coefficient (Wildman–Crippen LogP) is 2.50. The Morgan fingerprint density at radius 1 is 1.58 bits per heavy atom. The molecule has 0 aliphatic heterocycles. The molecule has 12 heavy (non-hydrogen) atoms. The highest BCUT2D eigenvalue weighted by molar-refractivity contribution is 7.97. The molecule has 0 radical (unpaired) electrons. The molecule has 0 saturated carbocycles. The van der Waals surface area contributed by atoms with E-state index in [2.05, 4.69) is 29.2 Å². The number of aliphatic imine (C=N–C) groups is 2. The summed E-state index contributed by atoms with van der Waals surface area (Å²) in [5.41, 5.74) is 0. The van der Waals surface area contributed by atoms with Crippen molar-refractivity contribution in [2.75, 3.05) is 7.05 Å². The highest BCUT2D eigenvalue weighted by Gasteiger charge is 1.85. The van der Waals surface area contributed by atoms with E-state index in [9.17, 15) is 0 Å². The molecule has 0 amide bonds. The van der Waals surface area contributed by atoms with E-state index in [1.807, 2.05) is 25.2 Å². The van der Waals surface area contributed by atoms with E-state index in [4.69, 9.17) is 0 Å². The second-order valence-electron chi connectivity index (χ2n) is 2.17. The standard InChI is InChI=1S/C9H14N2S/c1-4-5-6-7-9(12)11-8(2)10-3/h4,6-7H,1,5H2,2-3H3,(H,10,11,12)/b7-6-. The topological polar surface area (TPSA) is 24.7 Å². The fraction of sp³-hybridized carbons (Fsp3) is 0.333. The van der Waals surface area contributed by atoms with E-state index in [1.54, 1.807) is 7.05 Å². The molecule has 0 aliphatic carbocycles. The van der Waals surface area contributed by atoms with Crippen LogP contribution in [-0.2, 0) is 0 Å². The van der Waals surface area contributed by atoms with Crippen LogP contribution in [0, 0.1) is 0 Å². The number of thiol groups is 1. The van der Waals surface area contributed by atoms with Gasteiger partial charge in [0.2, 0.25) is 0 Å². The van der Waals surface area contributed by atoms with Crippen LogP contribution in [0.25, 0.3) is 0 Å². The summed E-state index contributed by atoms with van der Waals surface area (Å²) in [5.74, 6) is 0.725. The monoisotopic (exact) mass is 182 g/mol. The van der Waals surface area contributed by atoms with Crippen molar-refractivity contribution in [2.24, 2.45) is 9.98 Å². The fourth-order valence-electron chi connectivity index (χ4n) is 0.523. The summed E-state index contributed by atoms with van der Waals surface area (Å²) in [6.07, 6.45) is 6.43. The summed E-state index contributed by atoms with van der Waals surface area (Å²) in [6, 6.07) is 0. The van der Waals surface area contributed by atoms with Crippen LogP contribution in [0.3, 0.4) is 0 Å². The first kappa shape index (κ1) is 11.2. The number of hydrogen-bond acceptors (Lipinski definition) is 1. The smallest absolute Gasteiger partial charge is 0.121 e. The van der Waals surface area contributed by atoms with Crippen LogP contribution in [0.1, 0.15) is 13.3 Å². The molecule has 3 heteroatoms. The average Bonchev–Trinajstić information content (AvgIpc) is 2.05. The molecule has 0 aromatic carbocycles. The average molecular weight is 182 g/mol. The lowest BCUT2D eigenvalue weighted by molar-refractivity contribution is 1.38. The number of hydrogen-bond donors (Lipinski definition) is 1. The summed E-state index contributed by atoms with van der Waals surface area (Å²) in [4.78, 5) is 7.96. The van der Waals surface area contributed by atoms with Crippen LogP contribution in [0.5, 0.6) is 0 Å². The second-order valence-corrected chi connectivity index (χ2v) is 2.63. The minimum absolute atomic E-state index is 0.667. The van der Waals surface area contributed by atoms with Gasteiger partial charge in [0.15, 0.2) is 0 Å². The van der Waals surface area contributed by atoms with Crippen molar-refractivity contribution in [3.05, 3.63) is 24.8 Å². The van der Waals surface area contributed by atoms with Gasteiger partial charge >= 0.3 is 0 Å². The molecule has 0 aromatic rings. The Bertz CT molecular complexity index is 227. The molecule has 2 nitrogen and oxygen atoms in total. The van der Waals surface area contributed by atoms with Gasteiger partial charge in [-0.2, -0.15) is 0 Å². The maximum Gasteiger partial charge on any atom is 0.121 e. The van der Waals surface area contributed by atoms with Gasteiger partial charge in [-0.05, 0) is 19.4 Å². The predicted molar refractivity (Wildman–Crippen MR) is 59.4 cm³/mol. The number of amidine groups is 1. The third kappa shape index (κ3) is 5.92. The van der Waals surface area contributed by atoms with Crippen molar-refractivity contribution >= 4 is 23.5 Å². The molecule has 0 rings (SSSR count). The summed E-state index contributed by atoms with van der Waals surface area (Å²) in [6.45, 7) is 5.43. The largest absolute Gasteiger partial charge is 0.274 e. The van der Waals surface area contributed by atoms with E-state index in [0.29, 0.717) is 5.04 Å². The van der Waals surface area contributed by atoms with E-state index < -0.39 is 0 Å². The number of allylic oxidation sites excluding steroid dienone is 2. The SMILES string of the molecule is C=CC\C=C/C(S)=N\C(C)=N/C.